The molecular weight excluding hydrogens is 296 g/mol. The van der Waals surface area contributed by atoms with Crippen LogP contribution in [0.5, 0.6) is 0 Å². The van der Waals surface area contributed by atoms with Crippen LogP contribution in [0, 0.1) is 34.5 Å². The quantitative estimate of drug-likeness (QED) is 0.721. The molecule has 0 unspecified atom stereocenters. The Labute approximate surface area is 145 Å². The van der Waals surface area contributed by atoms with Crippen molar-refractivity contribution in [3.63, 3.8) is 0 Å². The van der Waals surface area contributed by atoms with Crippen molar-refractivity contribution in [2.75, 3.05) is 0 Å². The Balaban J connectivity index is 1.38. The minimum absolute atomic E-state index is 0.224. The third-order valence-electron chi connectivity index (χ3n) is 8.16. The summed E-state index contributed by atoms with van der Waals surface area (Å²) in [5.74, 6) is 2.81. The maximum absolute atomic E-state index is 12.7. The van der Waals surface area contributed by atoms with Crippen LogP contribution >= 0.6 is 0 Å². The topological polar surface area (TPSA) is 34.1 Å². The van der Waals surface area contributed by atoms with E-state index in [2.05, 4.69) is 39.8 Å². The molecule has 0 spiro atoms. The Bertz CT molecular complexity index is 603. The smallest absolute Gasteiger partial charge is 0.159 e. The predicted molar refractivity (Wildman–Crippen MR) is 95.4 cm³/mol. The molecule has 0 aromatic carbocycles. The first-order valence-corrected chi connectivity index (χ1v) is 9.69. The molecule has 2 fully saturated rings. The maximum Gasteiger partial charge on any atom is 0.159 e. The van der Waals surface area contributed by atoms with Gasteiger partial charge in [-0.05, 0) is 71.3 Å². The monoisotopic (exact) mass is 326 g/mol. The van der Waals surface area contributed by atoms with Crippen LogP contribution in [0.3, 0.4) is 0 Å². The van der Waals surface area contributed by atoms with E-state index >= 15 is 0 Å². The van der Waals surface area contributed by atoms with Gasteiger partial charge in [0, 0.05) is 12.8 Å². The summed E-state index contributed by atoms with van der Waals surface area (Å²) in [7, 11) is 0. The molecule has 0 radical (unpaired) electrons. The number of hydrogen-bond donors (Lipinski definition) is 0. The fraction of sp³-hybridized carbons (Fsp3) is 0.727. The fourth-order valence-electron chi connectivity index (χ4n) is 5.84. The molecule has 2 saturated carbocycles. The lowest BCUT2D eigenvalue weighted by atomic mass is 9.48. The second-order valence-corrected chi connectivity index (χ2v) is 9.75. The van der Waals surface area contributed by atoms with Crippen LogP contribution in [0.15, 0.2) is 23.3 Å². The van der Waals surface area contributed by atoms with Gasteiger partial charge in [0.25, 0.3) is 0 Å². The van der Waals surface area contributed by atoms with Crippen molar-refractivity contribution in [3.8, 4) is 0 Å². The van der Waals surface area contributed by atoms with Crippen LogP contribution in [0.4, 0.5) is 0 Å². The number of ketones is 2. The van der Waals surface area contributed by atoms with Gasteiger partial charge in [-0.15, -0.1) is 0 Å². The van der Waals surface area contributed by atoms with E-state index < -0.39 is 0 Å². The van der Waals surface area contributed by atoms with Crippen molar-refractivity contribution in [2.45, 2.75) is 66.2 Å². The summed E-state index contributed by atoms with van der Waals surface area (Å²) in [4.78, 5) is 25.4. The Hall–Kier alpha value is -1.18. The van der Waals surface area contributed by atoms with Crippen LogP contribution < -0.4 is 0 Å². The van der Waals surface area contributed by atoms with E-state index in [4.69, 9.17) is 0 Å². The van der Waals surface area contributed by atoms with Crippen molar-refractivity contribution in [1.29, 1.82) is 0 Å². The standard InChI is InChI=1S/C22H30O2/c1-21(2)13-5-7-15(17(21)11-13)19(23)9-10-20(24)16-8-6-14-12-18(16)22(14,3)4/h7-8,13-14,17-18H,5-6,9-12H2,1-4H3/t13-,14-,17-,18-/m0/s1. The Kier molecular flexibility index (Phi) is 3.50. The molecule has 2 heteroatoms. The Morgan fingerprint density at radius 3 is 1.50 bits per heavy atom. The summed E-state index contributed by atoms with van der Waals surface area (Å²) in [6.45, 7) is 9.16. The average molecular weight is 326 g/mol. The number of allylic oxidation sites excluding steroid dienone is 4. The molecule has 6 rings (SSSR count). The molecule has 6 aliphatic carbocycles. The van der Waals surface area contributed by atoms with E-state index in [1.165, 1.54) is 12.8 Å². The summed E-state index contributed by atoms with van der Waals surface area (Å²) in [5.41, 5.74) is 2.61. The highest BCUT2D eigenvalue weighted by Crippen LogP contribution is 2.60. The molecule has 130 valence electrons. The van der Waals surface area contributed by atoms with Gasteiger partial charge in [0.15, 0.2) is 11.6 Å². The lowest BCUT2D eigenvalue weighted by Crippen LogP contribution is -2.49. The molecule has 0 heterocycles. The fourth-order valence-corrected chi connectivity index (χ4v) is 5.84. The molecule has 4 bridgehead atoms. The van der Waals surface area contributed by atoms with E-state index in [-0.39, 0.29) is 22.4 Å². The molecule has 6 aliphatic rings. The first-order valence-electron chi connectivity index (χ1n) is 9.69. The zero-order valence-corrected chi connectivity index (χ0v) is 15.5. The molecule has 0 aromatic heterocycles. The number of carbonyl (C=O) groups excluding carboxylic acids is 2. The second kappa shape index (κ2) is 5.16. The minimum atomic E-state index is 0.224. The normalized spacial score (nSPS) is 37.5. The van der Waals surface area contributed by atoms with Gasteiger partial charge in [0.05, 0.1) is 0 Å². The highest BCUT2D eigenvalue weighted by Gasteiger charge is 2.53. The van der Waals surface area contributed by atoms with Crippen LogP contribution in [-0.4, -0.2) is 11.6 Å². The molecule has 0 aromatic rings. The van der Waals surface area contributed by atoms with E-state index in [1.807, 2.05) is 0 Å². The van der Waals surface area contributed by atoms with Crippen LogP contribution in [0.2, 0.25) is 0 Å². The number of Topliss-reactive ketones (excluding diaryl/α,β-unsaturated/α-hetero) is 2. The molecular formula is C22H30O2. The third-order valence-corrected chi connectivity index (χ3v) is 8.16. The molecule has 0 aliphatic heterocycles. The summed E-state index contributed by atoms with van der Waals surface area (Å²) >= 11 is 0. The van der Waals surface area contributed by atoms with Gasteiger partial charge in [-0.3, -0.25) is 9.59 Å². The lowest BCUT2D eigenvalue weighted by molar-refractivity contribution is -0.124. The van der Waals surface area contributed by atoms with E-state index in [1.54, 1.807) is 0 Å². The molecule has 4 atom stereocenters. The van der Waals surface area contributed by atoms with Crippen LogP contribution in [-0.2, 0) is 9.59 Å². The maximum atomic E-state index is 12.7. The first-order chi connectivity index (χ1) is 11.2. The highest BCUT2D eigenvalue weighted by molar-refractivity contribution is 6.02. The summed E-state index contributed by atoms with van der Waals surface area (Å²) < 4.78 is 0. The summed E-state index contributed by atoms with van der Waals surface area (Å²) in [6, 6.07) is 0. The van der Waals surface area contributed by atoms with Crippen molar-refractivity contribution in [3.05, 3.63) is 23.3 Å². The zero-order chi connectivity index (χ0) is 17.3. The van der Waals surface area contributed by atoms with Crippen LogP contribution in [0.25, 0.3) is 0 Å². The molecule has 0 N–H and O–H groups in total. The number of fused-ring (bicyclic) bond motifs is 2. The first kappa shape index (κ1) is 16.3. The van der Waals surface area contributed by atoms with Gasteiger partial charge < -0.3 is 0 Å². The van der Waals surface area contributed by atoms with Crippen molar-refractivity contribution in [2.24, 2.45) is 34.5 Å². The van der Waals surface area contributed by atoms with Crippen molar-refractivity contribution < 1.29 is 9.59 Å². The van der Waals surface area contributed by atoms with Gasteiger partial charge in [-0.25, -0.2) is 0 Å². The molecule has 0 saturated heterocycles. The van der Waals surface area contributed by atoms with Crippen LogP contribution in [0.1, 0.15) is 66.2 Å². The van der Waals surface area contributed by atoms with Gasteiger partial charge >= 0.3 is 0 Å². The lowest BCUT2D eigenvalue weighted by Gasteiger charge is -2.56. The number of rotatable bonds is 5. The Morgan fingerprint density at radius 1 is 0.833 bits per heavy atom. The zero-order valence-electron chi connectivity index (χ0n) is 15.5. The summed E-state index contributed by atoms with van der Waals surface area (Å²) in [5, 5.41) is 0. The van der Waals surface area contributed by atoms with E-state index in [0.717, 1.165) is 35.8 Å². The Morgan fingerprint density at radius 2 is 1.21 bits per heavy atom. The van der Waals surface area contributed by atoms with E-state index in [9.17, 15) is 9.59 Å². The molecule has 2 nitrogen and oxygen atoms in total. The number of hydrogen-bond acceptors (Lipinski definition) is 2. The van der Waals surface area contributed by atoms with E-state index in [0.29, 0.717) is 24.7 Å². The van der Waals surface area contributed by atoms with Gasteiger partial charge in [-0.2, -0.15) is 0 Å². The van der Waals surface area contributed by atoms with Gasteiger partial charge in [-0.1, -0.05) is 39.8 Å². The predicted octanol–water partition coefficient (Wildman–Crippen LogP) is 4.89. The summed E-state index contributed by atoms with van der Waals surface area (Å²) in [6.07, 6.45) is 9.55. The number of carbonyl (C=O) groups is 2. The van der Waals surface area contributed by atoms with Crippen molar-refractivity contribution >= 4 is 11.6 Å². The average Bonchev–Trinajstić information content (AvgIpc) is 2.58. The molecule has 0 amide bonds. The van der Waals surface area contributed by atoms with Gasteiger partial charge in [0.1, 0.15) is 0 Å². The molecule has 24 heavy (non-hydrogen) atoms. The van der Waals surface area contributed by atoms with Gasteiger partial charge in [0.2, 0.25) is 0 Å². The van der Waals surface area contributed by atoms with Crippen molar-refractivity contribution in [1.82, 2.24) is 0 Å². The minimum Gasteiger partial charge on any atom is -0.295 e. The SMILES string of the molecule is CC1(C)[C@H]2CC=C(C(=O)CCC(=O)C3=CC[C@H]4C[C@@H]3C4(C)C)[C@@H]1C2. The third kappa shape index (κ3) is 2.14. The second-order valence-electron chi connectivity index (χ2n) is 9.75. The highest BCUT2D eigenvalue weighted by atomic mass is 16.1. The largest absolute Gasteiger partial charge is 0.295 e.